The molecule has 5 heteroatoms. The zero-order valence-corrected chi connectivity index (χ0v) is 11.6. The number of aromatic nitrogens is 2. The van der Waals surface area contributed by atoms with E-state index in [-0.39, 0.29) is 30.0 Å². The van der Waals surface area contributed by atoms with Gasteiger partial charge in [-0.05, 0) is 48.6 Å². The van der Waals surface area contributed by atoms with Crippen LogP contribution in [0.3, 0.4) is 0 Å². The zero-order chi connectivity index (χ0) is 14.4. The molecule has 1 heterocycles. The van der Waals surface area contributed by atoms with Crippen LogP contribution in [-0.4, -0.2) is 27.0 Å². The van der Waals surface area contributed by atoms with Crippen LogP contribution in [0.15, 0.2) is 36.7 Å². The van der Waals surface area contributed by atoms with Crippen molar-refractivity contribution in [3.63, 3.8) is 0 Å². The molecule has 21 heavy (non-hydrogen) atoms. The maximum atomic E-state index is 13.4. The molecule has 1 aromatic carbocycles. The summed E-state index contributed by atoms with van der Waals surface area (Å²) in [7, 11) is 0. The Bertz CT molecular complexity index is 643. The van der Waals surface area contributed by atoms with Gasteiger partial charge in [0.05, 0.1) is 12.1 Å². The maximum Gasteiger partial charge on any atom is 0.123 e. The summed E-state index contributed by atoms with van der Waals surface area (Å²) in [5, 5.41) is 17.8. The van der Waals surface area contributed by atoms with Crippen molar-refractivity contribution in [3.8, 4) is 0 Å². The van der Waals surface area contributed by atoms with Crippen molar-refractivity contribution in [1.29, 1.82) is 0 Å². The molecule has 110 valence electrons. The number of aryl methyl sites for hydroxylation is 1. The van der Waals surface area contributed by atoms with Gasteiger partial charge in [-0.2, -0.15) is 5.10 Å². The van der Waals surface area contributed by atoms with Gasteiger partial charge in [-0.3, -0.25) is 4.68 Å². The van der Waals surface area contributed by atoms with E-state index in [9.17, 15) is 9.50 Å². The first-order chi connectivity index (χ1) is 10.2. The van der Waals surface area contributed by atoms with Crippen LogP contribution in [0.4, 0.5) is 4.39 Å². The third-order valence-electron chi connectivity index (χ3n) is 4.73. The van der Waals surface area contributed by atoms with Gasteiger partial charge in [0.2, 0.25) is 0 Å². The van der Waals surface area contributed by atoms with Crippen LogP contribution in [0.25, 0.3) is 0 Å². The highest BCUT2D eigenvalue weighted by atomic mass is 19.1. The van der Waals surface area contributed by atoms with Gasteiger partial charge in [0, 0.05) is 24.5 Å². The van der Waals surface area contributed by atoms with Crippen LogP contribution in [0.2, 0.25) is 0 Å². The molecule has 1 aromatic heterocycles. The van der Waals surface area contributed by atoms with Gasteiger partial charge in [0.15, 0.2) is 0 Å². The van der Waals surface area contributed by atoms with Crippen LogP contribution >= 0.6 is 0 Å². The third-order valence-corrected chi connectivity index (χ3v) is 4.73. The Morgan fingerprint density at radius 3 is 3.05 bits per heavy atom. The van der Waals surface area contributed by atoms with Crippen molar-refractivity contribution >= 4 is 0 Å². The highest BCUT2D eigenvalue weighted by Gasteiger charge is 2.43. The van der Waals surface area contributed by atoms with Crippen molar-refractivity contribution < 1.29 is 9.50 Å². The molecule has 2 aromatic rings. The number of benzene rings is 1. The lowest BCUT2D eigenvalue weighted by Crippen LogP contribution is -2.55. The molecule has 0 aliphatic heterocycles. The summed E-state index contributed by atoms with van der Waals surface area (Å²) in [6.07, 6.45) is 5.92. The summed E-state index contributed by atoms with van der Waals surface area (Å²) in [5.74, 6) is -0.181. The number of fused-ring (bicyclic) bond motifs is 1. The second kappa shape index (κ2) is 4.93. The number of nitrogens with zero attached hydrogens (tertiary/aromatic N) is 2. The van der Waals surface area contributed by atoms with E-state index in [1.165, 1.54) is 11.6 Å². The van der Waals surface area contributed by atoms with Crippen molar-refractivity contribution in [2.45, 2.75) is 43.5 Å². The van der Waals surface area contributed by atoms with E-state index >= 15 is 0 Å². The largest absolute Gasteiger partial charge is 0.391 e. The molecular weight excluding hydrogens is 269 g/mol. The Morgan fingerprint density at radius 2 is 2.29 bits per heavy atom. The maximum absolute atomic E-state index is 13.4. The summed E-state index contributed by atoms with van der Waals surface area (Å²) >= 11 is 0. The highest BCUT2D eigenvalue weighted by molar-refractivity contribution is 5.35. The normalized spacial score (nSPS) is 31.0. The molecule has 1 unspecified atom stereocenters. The fourth-order valence-corrected chi connectivity index (χ4v) is 3.60. The third kappa shape index (κ3) is 2.17. The Hall–Kier alpha value is -1.72. The Balaban J connectivity index is 1.52. The van der Waals surface area contributed by atoms with E-state index in [0.717, 1.165) is 18.4 Å². The summed E-state index contributed by atoms with van der Waals surface area (Å²) in [6, 6.07) is 7.23. The minimum Gasteiger partial charge on any atom is -0.391 e. The molecule has 0 radical (unpaired) electrons. The van der Waals surface area contributed by atoms with Gasteiger partial charge >= 0.3 is 0 Å². The fourth-order valence-electron chi connectivity index (χ4n) is 3.60. The molecule has 0 saturated heterocycles. The topological polar surface area (TPSA) is 50.1 Å². The summed E-state index contributed by atoms with van der Waals surface area (Å²) in [5.41, 5.74) is 2.29. The van der Waals surface area contributed by atoms with Crippen LogP contribution in [0.1, 0.15) is 36.1 Å². The van der Waals surface area contributed by atoms with E-state index < -0.39 is 0 Å². The van der Waals surface area contributed by atoms with Crippen LogP contribution in [0, 0.1) is 5.82 Å². The lowest BCUT2D eigenvalue weighted by molar-refractivity contribution is -0.0117. The predicted octanol–water partition coefficient (Wildman–Crippen LogP) is 1.97. The molecule has 2 aliphatic rings. The minimum absolute atomic E-state index is 0.0300. The molecule has 0 bridgehead atoms. The van der Waals surface area contributed by atoms with E-state index in [1.54, 1.807) is 12.3 Å². The molecule has 0 amide bonds. The summed E-state index contributed by atoms with van der Waals surface area (Å²) in [4.78, 5) is 0. The first-order valence-electron chi connectivity index (χ1n) is 7.44. The number of rotatable bonds is 3. The zero-order valence-electron chi connectivity index (χ0n) is 11.6. The Labute approximate surface area is 122 Å². The van der Waals surface area contributed by atoms with E-state index in [2.05, 4.69) is 10.4 Å². The number of hydrogen-bond donors (Lipinski definition) is 2. The second-order valence-corrected chi connectivity index (χ2v) is 5.99. The highest BCUT2D eigenvalue weighted by Crippen LogP contribution is 2.38. The van der Waals surface area contributed by atoms with Crippen LogP contribution < -0.4 is 5.32 Å². The minimum atomic E-state index is -0.365. The number of halogens is 1. The van der Waals surface area contributed by atoms with Gasteiger partial charge in [0.1, 0.15) is 5.82 Å². The molecule has 4 atom stereocenters. The molecular formula is C16H18FN3O. The standard InChI is InChI=1S/C16H18FN3O/c17-11-4-2-10-3-5-13(12(10)8-11)19-14-9-15(21)16(14)20-7-1-6-18-20/h1-2,4,6-8,13-16,19,21H,3,5,9H2/t13?,14-,15+,16+/m0/s1. The number of hydrogen-bond acceptors (Lipinski definition) is 3. The summed E-state index contributed by atoms with van der Waals surface area (Å²) in [6.45, 7) is 0. The molecule has 0 spiro atoms. The fraction of sp³-hybridized carbons (Fsp3) is 0.438. The van der Waals surface area contributed by atoms with E-state index in [1.807, 2.05) is 23.0 Å². The molecule has 2 N–H and O–H groups in total. The van der Waals surface area contributed by atoms with Crippen molar-refractivity contribution in [1.82, 2.24) is 15.1 Å². The second-order valence-electron chi connectivity index (χ2n) is 5.99. The molecule has 2 aliphatic carbocycles. The molecule has 1 fully saturated rings. The van der Waals surface area contributed by atoms with Crippen LogP contribution in [-0.2, 0) is 6.42 Å². The average molecular weight is 287 g/mol. The van der Waals surface area contributed by atoms with Gasteiger partial charge in [-0.1, -0.05) is 6.07 Å². The SMILES string of the molecule is O[C@@H]1C[C@H](NC2CCc3ccc(F)cc32)[C@H]1n1cccn1. The molecule has 4 nitrogen and oxygen atoms in total. The van der Waals surface area contributed by atoms with Crippen molar-refractivity contribution in [2.75, 3.05) is 0 Å². The Morgan fingerprint density at radius 1 is 1.38 bits per heavy atom. The van der Waals surface area contributed by atoms with Crippen molar-refractivity contribution in [2.24, 2.45) is 0 Å². The quantitative estimate of drug-likeness (QED) is 0.907. The number of nitrogens with one attached hydrogen (secondary N) is 1. The van der Waals surface area contributed by atoms with Gasteiger partial charge in [-0.25, -0.2) is 4.39 Å². The molecule has 4 rings (SSSR count). The van der Waals surface area contributed by atoms with Gasteiger partial charge in [-0.15, -0.1) is 0 Å². The van der Waals surface area contributed by atoms with Crippen molar-refractivity contribution in [3.05, 3.63) is 53.6 Å². The smallest absolute Gasteiger partial charge is 0.123 e. The van der Waals surface area contributed by atoms with Gasteiger partial charge < -0.3 is 10.4 Å². The predicted molar refractivity (Wildman–Crippen MR) is 76.3 cm³/mol. The average Bonchev–Trinajstić information content (AvgIpc) is 3.08. The van der Waals surface area contributed by atoms with Gasteiger partial charge in [0.25, 0.3) is 0 Å². The lowest BCUT2D eigenvalue weighted by Gasteiger charge is -2.43. The number of aliphatic hydroxyl groups excluding tert-OH is 1. The summed E-state index contributed by atoms with van der Waals surface area (Å²) < 4.78 is 15.3. The first kappa shape index (κ1) is 13.0. The number of aliphatic hydroxyl groups is 1. The van der Waals surface area contributed by atoms with Crippen LogP contribution in [0.5, 0.6) is 0 Å². The molecule has 1 saturated carbocycles. The van der Waals surface area contributed by atoms with E-state index in [4.69, 9.17) is 0 Å². The lowest BCUT2D eigenvalue weighted by atomic mass is 9.82. The Kier molecular flexibility index (Phi) is 3.05. The monoisotopic (exact) mass is 287 g/mol. The first-order valence-corrected chi connectivity index (χ1v) is 7.44. The van der Waals surface area contributed by atoms with E-state index in [0.29, 0.717) is 6.42 Å².